The van der Waals surface area contributed by atoms with Crippen LogP contribution in [0, 0.1) is 0 Å². The molecule has 5 heteroatoms. The Kier molecular flexibility index (Phi) is 5.86. The van der Waals surface area contributed by atoms with Gasteiger partial charge < -0.3 is 9.64 Å². The van der Waals surface area contributed by atoms with Gasteiger partial charge in [-0.25, -0.2) is 0 Å². The molecule has 0 saturated heterocycles. The monoisotopic (exact) mass is 311 g/mol. The van der Waals surface area contributed by atoms with Crippen molar-refractivity contribution in [3.05, 3.63) is 48.5 Å². The molecule has 0 atom stereocenters. The third-order valence-corrected chi connectivity index (χ3v) is 3.36. The standard InChI is InChI=1S/C18H21N3O2/c1-4-21(5-2)17-10-6-15(7-11-17)19-20-16-8-12-18(13-9-16)23-14(3)22/h6-13H,4-5H2,1-3H3. The molecule has 0 aliphatic carbocycles. The van der Waals surface area contributed by atoms with E-state index in [4.69, 9.17) is 4.74 Å². The summed E-state index contributed by atoms with van der Waals surface area (Å²) in [4.78, 5) is 13.1. The number of hydrogen-bond acceptors (Lipinski definition) is 5. The molecule has 2 aromatic carbocycles. The number of carbonyl (C=O) groups is 1. The highest BCUT2D eigenvalue weighted by Gasteiger charge is 2.01. The summed E-state index contributed by atoms with van der Waals surface area (Å²) in [5, 5.41) is 8.40. The molecular weight excluding hydrogens is 290 g/mol. The van der Waals surface area contributed by atoms with Crippen molar-refractivity contribution >= 4 is 23.0 Å². The van der Waals surface area contributed by atoms with E-state index < -0.39 is 0 Å². The van der Waals surface area contributed by atoms with Gasteiger partial charge in [0.1, 0.15) is 5.75 Å². The summed E-state index contributed by atoms with van der Waals surface area (Å²) in [5.74, 6) is 0.160. The van der Waals surface area contributed by atoms with Crippen LogP contribution < -0.4 is 9.64 Å². The molecule has 0 amide bonds. The normalized spacial score (nSPS) is 10.7. The maximum Gasteiger partial charge on any atom is 0.308 e. The summed E-state index contributed by atoms with van der Waals surface area (Å²) < 4.78 is 4.97. The number of esters is 1. The van der Waals surface area contributed by atoms with E-state index in [0.717, 1.165) is 18.8 Å². The highest BCUT2D eigenvalue weighted by molar-refractivity contribution is 5.69. The SMILES string of the molecule is CCN(CC)c1ccc(N=Nc2ccc(OC(C)=O)cc2)cc1. The molecule has 0 aliphatic heterocycles. The van der Waals surface area contributed by atoms with E-state index in [0.29, 0.717) is 11.4 Å². The highest BCUT2D eigenvalue weighted by Crippen LogP contribution is 2.23. The van der Waals surface area contributed by atoms with Gasteiger partial charge in [0.25, 0.3) is 0 Å². The highest BCUT2D eigenvalue weighted by atomic mass is 16.5. The molecule has 2 aromatic rings. The smallest absolute Gasteiger partial charge is 0.308 e. The molecule has 0 heterocycles. The zero-order valence-corrected chi connectivity index (χ0v) is 13.7. The number of carbonyl (C=O) groups excluding carboxylic acids is 1. The number of azo groups is 1. The van der Waals surface area contributed by atoms with Crippen LogP contribution in [0.3, 0.4) is 0 Å². The predicted molar refractivity (Wildman–Crippen MR) is 91.9 cm³/mol. The van der Waals surface area contributed by atoms with E-state index in [2.05, 4.69) is 29.0 Å². The third kappa shape index (κ3) is 4.92. The third-order valence-electron chi connectivity index (χ3n) is 3.36. The van der Waals surface area contributed by atoms with Crippen molar-refractivity contribution in [2.75, 3.05) is 18.0 Å². The van der Waals surface area contributed by atoms with Gasteiger partial charge in [-0.2, -0.15) is 10.2 Å². The Morgan fingerprint density at radius 1 is 0.913 bits per heavy atom. The van der Waals surface area contributed by atoms with Crippen molar-refractivity contribution in [3.8, 4) is 5.75 Å². The fourth-order valence-corrected chi connectivity index (χ4v) is 2.18. The van der Waals surface area contributed by atoms with Crippen LogP contribution in [0.25, 0.3) is 0 Å². The first-order valence-electron chi connectivity index (χ1n) is 7.67. The largest absolute Gasteiger partial charge is 0.427 e. The predicted octanol–water partition coefficient (Wildman–Crippen LogP) is 4.87. The maximum atomic E-state index is 10.9. The Morgan fingerprint density at radius 3 is 1.83 bits per heavy atom. The Morgan fingerprint density at radius 2 is 1.39 bits per heavy atom. The van der Waals surface area contributed by atoms with Gasteiger partial charge in [0, 0.05) is 25.7 Å². The molecule has 5 nitrogen and oxygen atoms in total. The second-order valence-corrected chi connectivity index (χ2v) is 4.98. The summed E-state index contributed by atoms with van der Waals surface area (Å²) in [6, 6.07) is 14.9. The molecule has 0 saturated carbocycles. The second-order valence-electron chi connectivity index (χ2n) is 4.98. The van der Waals surface area contributed by atoms with Gasteiger partial charge in [-0.1, -0.05) is 0 Å². The summed E-state index contributed by atoms with van der Waals surface area (Å²) in [7, 11) is 0. The van der Waals surface area contributed by atoms with Crippen molar-refractivity contribution in [3.63, 3.8) is 0 Å². The average molecular weight is 311 g/mol. The lowest BCUT2D eigenvalue weighted by Gasteiger charge is -2.20. The Hall–Kier alpha value is -2.69. The topological polar surface area (TPSA) is 54.3 Å². The van der Waals surface area contributed by atoms with Crippen LogP contribution in [-0.2, 0) is 4.79 Å². The van der Waals surface area contributed by atoms with Crippen LogP contribution in [-0.4, -0.2) is 19.1 Å². The lowest BCUT2D eigenvalue weighted by atomic mass is 10.2. The molecule has 0 radical (unpaired) electrons. The minimum Gasteiger partial charge on any atom is -0.427 e. The van der Waals surface area contributed by atoms with Crippen LogP contribution >= 0.6 is 0 Å². The summed E-state index contributed by atoms with van der Waals surface area (Å²) in [6.45, 7) is 7.60. The van der Waals surface area contributed by atoms with Crippen molar-refractivity contribution in [2.45, 2.75) is 20.8 Å². The van der Waals surface area contributed by atoms with E-state index in [1.807, 2.05) is 24.3 Å². The molecule has 0 aromatic heterocycles. The van der Waals surface area contributed by atoms with Crippen LogP contribution in [0.2, 0.25) is 0 Å². The number of rotatable bonds is 6. The molecule has 2 rings (SSSR count). The Labute approximate surface area is 136 Å². The minimum atomic E-state index is -0.340. The number of anilines is 1. The van der Waals surface area contributed by atoms with Crippen LogP contribution in [0.5, 0.6) is 5.75 Å². The lowest BCUT2D eigenvalue weighted by Crippen LogP contribution is -2.21. The Balaban J connectivity index is 2.03. The molecule has 0 spiro atoms. The first kappa shape index (κ1) is 16.7. The molecule has 0 bridgehead atoms. The van der Waals surface area contributed by atoms with Crippen molar-refractivity contribution in [2.24, 2.45) is 10.2 Å². The fraction of sp³-hybridized carbons (Fsp3) is 0.278. The molecule has 0 fully saturated rings. The molecular formula is C18H21N3O2. The van der Waals surface area contributed by atoms with Gasteiger partial charge in [0.2, 0.25) is 0 Å². The van der Waals surface area contributed by atoms with Gasteiger partial charge in [-0.15, -0.1) is 0 Å². The summed E-state index contributed by atoms with van der Waals surface area (Å²) in [6.07, 6.45) is 0. The van der Waals surface area contributed by atoms with Crippen molar-refractivity contribution in [1.29, 1.82) is 0 Å². The fourth-order valence-electron chi connectivity index (χ4n) is 2.18. The van der Waals surface area contributed by atoms with E-state index in [1.54, 1.807) is 24.3 Å². The molecule has 0 unspecified atom stereocenters. The maximum absolute atomic E-state index is 10.9. The Bertz CT molecular complexity index is 660. The molecule has 120 valence electrons. The number of ether oxygens (including phenoxy) is 1. The van der Waals surface area contributed by atoms with Gasteiger partial charge in [-0.3, -0.25) is 4.79 Å². The summed E-state index contributed by atoms with van der Waals surface area (Å²) in [5.41, 5.74) is 2.68. The first-order valence-corrected chi connectivity index (χ1v) is 7.67. The minimum absolute atomic E-state index is 0.340. The van der Waals surface area contributed by atoms with E-state index in [9.17, 15) is 4.79 Å². The van der Waals surface area contributed by atoms with Crippen LogP contribution in [0.1, 0.15) is 20.8 Å². The van der Waals surface area contributed by atoms with Gasteiger partial charge in [0.05, 0.1) is 11.4 Å². The molecule has 0 N–H and O–H groups in total. The lowest BCUT2D eigenvalue weighted by molar-refractivity contribution is -0.131. The van der Waals surface area contributed by atoms with Crippen molar-refractivity contribution < 1.29 is 9.53 Å². The quantitative estimate of drug-likeness (QED) is 0.434. The zero-order chi connectivity index (χ0) is 16.7. The average Bonchev–Trinajstić information content (AvgIpc) is 2.56. The number of hydrogen-bond donors (Lipinski definition) is 0. The second kappa shape index (κ2) is 8.08. The van der Waals surface area contributed by atoms with E-state index in [-0.39, 0.29) is 5.97 Å². The number of nitrogens with zero attached hydrogens (tertiary/aromatic N) is 3. The van der Waals surface area contributed by atoms with Crippen molar-refractivity contribution in [1.82, 2.24) is 0 Å². The van der Waals surface area contributed by atoms with Gasteiger partial charge in [-0.05, 0) is 62.4 Å². The zero-order valence-electron chi connectivity index (χ0n) is 13.7. The van der Waals surface area contributed by atoms with E-state index in [1.165, 1.54) is 12.6 Å². The van der Waals surface area contributed by atoms with E-state index >= 15 is 0 Å². The number of benzene rings is 2. The van der Waals surface area contributed by atoms with Gasteiger partial charge >= 0.3 is 5.97 Å². The summed E-state index contributed by atoms with van der Waals surface area (Å²) >= 11 is 0. The molecule has 23 heavy (non-hydrogen) atoms. The van der Waals surface area contributed by atoms with Crippen LogP contribution in [0.4, 0.5) is 17.1 Å². The van der Waals surface area contributed by atoms with Crippen LogP contribution in [0.15, 0.2) is 58.8 Å². The van der Waals surface area contributed by atoms with Gasteiger partial charge in [0.15, 0.2) is 0 Å². The molecule has 0 aliphatic rings. The first-order chi connectivity index (χ1) is 11.1.